The molecule has 1 saturated heterocycles. The first-order valence-corrected chi connectivity index (χ1v) is 9.77. The average Bonchev–Trinajstić information content (AvgIpc) is 3.03. The number of amides is 4. The maximum absolute atomic E-state index is 12.4. The number of imide groups is 1. The van der Waals surface area contributed by atoms with E-state index in [0.29, 0.717) is 42.7 Å². The van der Waals surface area contributed by atoms with Gasteiger partial charge in [0.15, 0.2) is 6.73 Å². The Morgan fingerprint density at radius 1 is 0.900 bits per heavy atom. The predicted molar refractivity (Wildman–Crippen MR) is 108 cm³/mol. The highest BCUT2D eigenvalue weighted by molar-refractivity contribution is 6.21. The maximum Gasteiger partial charge on any atom is 0.321 e. The van der Waals surface area contributed by atoms with E-state index in [1.54, 1.807) is 41.3 Å². The van der Waals surface area contributed by atoms with Gasteiger partial charge in [0.2, 0.25) is 0 Å². The molecule has 1 N–H and O–H groups in total. The van der Waals surface area contributed by atoms with Crippen LogP contribution in [0.25, 0.3) is 0 Å². The Morgan fingerprint density at radius 2 is 1.47 bits per heavy atom. The minimum absolute atomic E-state index is 0.209. The number of nitrogens with one attached hydrogen (secondary N) is 1. The molecule has 1 fully saturated rings. The summed E-state index contributed by atoms with van der Waals surface area (Å²) in [6.07, 6.45) is 0.923. The molecule has 2 aliphatic heterocycles. The van der Waals surface area contributed by atoms with Crippen LogP contribution in [-0.4, -0.2) is 53.4 Å². The van der Waals surface area contributed by atoms with Gasteiger partial charge in [-0.25, -0.2) is 9.69 Å². The second-order valence-corrected chi connectivity index (χ2v) is 7.23. The number of likely N-dealkylation sites (tertiary alicyclic amines) is 1. The van der Waals surface area contributed by atoms with Crippen LogP contribution in [0.5, 0.6) is 0 Å². The summed E-state index contributed by atoms with van der Waals surface area (Å²) in [5, 5.41) is 2.83. The van der Waals surface area contributed by atoms with Crippen LogP contribution in [0.3, 0.4) is 0 Å². The van der Waals surface area contributed by atoms with Crippen molar-refractivity contribution >= 4 is 29.5 Å². The van der Waals surface area contributed by atoms with E-state index in [1.807, 2.05) is 18.2 Å². The van der Waals surface area contributed by atoms with Crippen LogP contribution in [0.2, 0.25) is 0 Å². The molecule has 0 aromatic heterocycles. The molecule has 4 amide bonds. The number of urea groups is 1. The van der Waals surface area contributed by atoms with Gasteiger partial charge in [-0.2, -0.15) is 0 Å². The lowest BCUT2D eigenvalue weighted by molar-refractivity contribution is -0.152. The molecule has 0 bridgehead atoms. The highest BCUT2D eigenvalue weighted by Crippen LogP contribution is 2.24. The summed E-state index contributed by atoms with van der Waals surface area (Å²) in [4.78, 5) is 52.0. The maximum atomic E-state index is 12.4. The summed E-state index contributed by atoms with van der Waals surface area (Å²) in [7, 11) is 0. The molecular weight excluding hydrogens is 386 g/mol. The van der Waals surface area contributed by atoms with Gasteiger partial charge in [0.05, 0.1) is 17.0 Å². The summed E-state index contributed by atoms with van der Waals surface area (Å²) in [5.41, 5.74) is 1.34. The van der Waals surface area contributed by atoms with Gasteiger partial charge in [-0.15, -0.1) is 0 Å². The Bertz CT molecular complexity index is 948. The van der Waals surface area contributed by atoms with Gasteiger partial charge in [-0.05, 0) is 37.1 Å². The smallest absolute Gasteiger partial charge is 0.321 e. The molecule has 0 unspecified atom stereocenters. The van der Waals surface area contributed by atoms with Gasteiger partial charge in [-0.1, -0.05) is 30.3 Å². The highest BCUT2D eigenvalue weighted by atomic mass is 16.5. The molecular formula is C22H21N3O5. The SMILES string of the molecule is O=C(OCN1C(=O)c2ccccc2C1=O)C1CCN(C(=O)Nc2ccccc2)CC1. The zero-order valence-electron chi connectivity index (χ0n) is 16.2. The summed E-state index contributed by atoms with van der Waals surface area (Å²) < 4.78 is 5.26. The molecule has 2 heterocycles. The number of nitrogens with zero attached hydrogens (tertiary/aromatic N) is 2. The molecule has 8 heteroatoms. The molecule has 154 valence electrons. The lowest BCUT2D eigenvalue weighted by Crippen LogP contribution is -2.43. The first kappa shape index (κ1) is 19.6. The molecule has 0 radical (unpaired) electrons. The predicted octanol–water partition coefficient (Wildman–Crippen LogP) is 2.73. The first-order chi connectivity index (χ1) is 14.5. The first-order valence-electron chi connectivity index (χ1n) is 9.77. The second kappa shape index (κ2) is 8.36. The third-order valence-electron chi connectivity index (χ3n) is 5.35. The number of hydrogen-bond acceptors (Lipinski definition) is 5. The summed E-state index contributed by atoms with van der Waals surface area (Å²) in [6, 6.07) is 15.5. The zero-order chi connectivity index (χ0) is 21.1. The molecule has 0 saturated carbocycles. The number of esters is 1. The van der Waals surface area contributed by atoms with Crippen molar-refractivity contribution in [2.24, 2.45) is 5.92 Å². The monoisotopic (exact) mass is 407 g/mol. The molecule has 2 aromatic rings. The van der Waals surface area contributed by atoms with E-state index in [0.717, 1.165) is 4.90 Å². The Labute approximate surface area is 173 Å². The van der Waals surface area contributed by atoms with Crippen molar-refractivity contribution in [3.63, 3.8) is 0 Å². The van der Waals surface area contributed by atoms with Crippen molar-refractivity contribution < 1.29 is 23.9 Å². The summed E-state index contributed by atoms with van der Waals surface area (Å²) in [6.45, 7) is 0.441. The van der Waals surface area contributed by atoms with E-state index < -0.39 is 24.5 Å². The second-order valence-electron chi connectivity index (χ2n) is 7.23. The van der Waals surface area contributed by atoms with E-state index in [9.17, 15) is 19.2 Å². The third-order valence-corrected chi connectivity index (χ3v) is 5.35. The van der Waals surface area contributed by atoms with E-state index >= 15 is 0 Å². The Kier molecular flexibility index (Phi) is 5.47. The minimum Gasteiger partial charge on any atom is -0.443 e. The lowest BCUT2D eigenvalue weighted by Gasteiger charge is -2.31. The summed E-state index contributed by atoms with van der Waals surface area (Å²) in [5.74, 6) is -1.76. The van der Waals surface area contributed by atoms with Gasteiger partial charge < -0.3 is 15.0 Å². The van der Waals surface area contributed by atoms with E-state index in [4.69, 9.17) is 4.74 Å². The largest absolute Gasteiger partial charge is 0.443 e. The Balaban J connectivity index is 1.26. The molecule has 4 rings (SSSR count). The number of carbonyl (C=O) groups excluding carboxylic acids is 4. The number of anilines is 1. The normalized spacial score (nSPS) is 16.4. The van der Waals surface area contributed by atoms with Gasteiger partial charge in [0.1, 0.15) is 0 Å². The highest BCUT2D eigenvalue weighted by Gasteiger charge is 2.36. The van der Waals surface area contributed by atoms with Crippen molar-refractivity contribution in [1.29, 1.82) is 0 Å². The quantitative estimate of drug-likeness (QED) is 0.621. The van der Waals surface area contributed by atoms with Crippen molar-refractivity contribution in [2.75, 3.05) is 25.1 Å². The number of rotatable bonds is 4. The molecule has 2 aromatic carbocycles. The van der Waals surface area contributed by atoms with Crippen molar-refractivity contribution in [2.45, 2.75) is 12.8 Å². The molecule has 0 atom stereocenters. The fourth-order valence-electron chi connectivity index (χ4n) is 3.64. The van der Waals surface area contributed by atoms with E-state index in [1.165, 1.54) is 0 Å². The van der Waals surface area contributed by atoms with Crippen molar-refractivity contribution in [3.8, 4) is 0 Å². The van der Waals surface area contributed by atoms with Crippen LogP contribution >= 0.6 is 0 Å². The fourth-order valence-corrected chi connectivity index (χ4v) is 3.64. The number of para-hydroxylation sites is 1. The van der Waals surface area contributed by atoms with Gasteiger partial charge >= 0.3 is 12.0 Å². The number of hydrogen-bond donors (Lipinski definition) is 1. The Hall–Kier alpha value is -3.68. The number of benzene rings is 2. The number of carbonyl (C=O) groups is 4. The standard InChI is InChI=1S/C22H21N3O5/c26-19-17-8-4-5-9-18(17)20(27)25(19)14-30-21(28)15-10-12-24(13-11-15)22(29)23-16-6-2-1-3-7-16/h1-9,15H,10-14H2,(H,23,29). The molecule has 2 aliphatic rings. The summed E-state index contributed by atoms with van der Waals surface area (Å²) >= 11 is 0. The van der Waals surface area contributed by atoms with Gasteiger partial charge in [0.25, 0.3) is 11.8 Å². The number of fused-ring (bicyclic) bond motifs is 1. The lowest BCUT2D eigenvalue weighted by atomic mass is 9.97. The van der Waals surface area contributed by atoms with Crippen molar-refractivity contribution in [1.82, 2.24) is 9.80 Å². The van der Waals surface area contributed by atoms with Crippen LogP contribution in [-0.2, 0) is 9.53 Å². The van der Waals surface area contributed by atoms with Crippen LogP contribution < -0.4 is 5.32 Å². The molecule has 8 nitrogen and oxygen atoms in total. The minimum atomic E-state index is -0.463. The number of ether oxygens (including phenoxy) is 1. The van der Waals surface area contributed by atoms with Crippen LogP contribution in [0.15, 0.2) is 54.6 Å². The zero-order valence-corrected chi connectivity index (χ0v) is 16.2. The average molecular weight is 407 g/mol. The third kappa shape index (κ3) is 3.89. The van der Waals surface area contributed by atoms with E-state index in [2.05, 4.69) is 5.32 Å². The van der Waals surface area contributed by atoms with Gasteiger partial charge in [-0.3, -0.25) is 14.4 Å². The number of piperidine rings is 1. The topological polar surface area (TPSA) is 96.0 Å². The molecule has 30 heavy (non-hydrogen) atoms. The van der Waals surface area contributed by atoms with Crippen LogP contribution in [0.4, 0.5) is 10.5 Å². The molecule has 0 aliphatic carbocycles. The van der Waals surface area contributed by atoms with Crippen LogP contribution in [0.1, 0.15) is 33.6 Å². The van der Waals surface area contributed by atoms with E-state index in [-0.39, 0.29) is 11.9 Å². The fraction of sp³-hybridized carbons (Fsp3) is 0.273. The van der Waals surface area contributed by atoms with Crippen LogP contribution in [0, 0.1) is 5.92 Å². The van der Waals surface area contributed by atoms with Gasteiger partial charge in [0, 0.05) is 18.8 Å². The Morgan fingerprint density at radius 3 is 2.07 bits per heavy atom. The van der Waals surface area contributed by atoms with Crippen molar-refractivity contribution in [3.05, 3.63) is 65.7 Å². The molecule has 0 spiro atoms.